The number of anilines is 1. The third-order valence-corrected chi connectivity index (χ3v) is 4.54. The van der Waals surface area contributed by atoms with E-state index in [0.717, 1.165) is 5.56 Å². The van der Waals surface area contributed by atoms with Crippen LogP contribution in [0.15, 0.2) is 42.5 Å². The molecular formula is C20H22Cl2N2O2. The first-order chi connectivity index (χ1) is 12.1. The lowest BCUT2D eigenvalue weighted by Crippen LogP contribution is -2.28. The second-order valence-electron chi connectivity index (χ2n) is 7.19. The largest absolute Gasteiger partial charge is 0.337 e. The SMILES string of the molecule is CN(Cc1ccc(Cl)c(Cl)c1)C(=O)c1cccc(NC(=O)C(C)(C)C)c1. The third kappa shape index (κ3) is 5.23. The van der Waals surface area contributed by atoms with Gasteiger partial charge in [0.25, 0.3) is 5.91 Å². The quantitative estimate of drug-likeness (QED) is 0.771. The molecule has 26 heavy (non-hydrogen) atoms. The molecule has 1 N–H and O–H groups in total. The predicted octanol–water partition coefficient (Wildman–Crippen LogP) is 5.25. The van der Waals surface area contributed by atoms with Crippen molar-refractivity contribution in [3.63, 3.8) is 0 Å². The minimum absolute atomic E-state index is 0.105. The number of hydrogen-bond acceptors (Lipinski definition) is 2. The molecule has 0 aromatic heterocycles. The Balaban J connectivity index is 2.12. The van der Waals surface area contributed by atoms with Crippen LogP contribution in [-0.2, 0) is 11.3 Å². The predicted molar refractivity (Wildman–Crippen MR) is 107 cm³/mol. The molecule has 2 aromatic rings. The highest BCUT2D eigenvalue weighted by Gasteiger charge is 2.21. The van der Waals surface area contributed by atoms with Gasteiger partial charge in [-0.3, -0.25) is 9.59 Å². The van der Waals surface area contributed by atoms with Gasteiger partial charge in [0.1, 0.15) is 0 Å². The number of halogens is 2. The summed E-state index contributed by atoms with van der Waals surface area (Å²) in [5.74, 6) is -0.255. The van der Waals surface area contributed by atoms with Crippen molar-refractivity contribution in [1.82, 2.24) is 4.90 Å². The smallest absolute Gasteiger partial charge is 0.253 e. The Kier molecular flexibility index (Phi) is 6.32. The summed E-state index contributed by atoms with van der Waals surface area (Å²) in [5.41, 5.74) is 1.47. The van der Waals surface area contributed by atoms with Crippen LogP contribution in [0.3, 0.4) is 0 Å². The molecule has 0 aliphatic rings. The van der Waals surface area contributed by atoms with E-state index in [0.29, 0.717) is 27.8 Å². The summed E-state index contributed by atoms with van der Waals surface area (Å²) >= 11 is 11.9. The van der Waals surface area contributed by atoms with Crippen LogP contribution in [0.1, 0.15) is 36.7 Å². The van der Waals surface area contributed by atoms with Crippen LogP contribution < -0.4 is 5.32 Å². The van der Waals surface area contributed by atoms with E-state index in [1.807, 2.05) is 26.8 Å². The van der Waals surface area contributed by atoms with Gasteiger partial charge in [0, 0.05) is 30.3 Å². The molecule has 2 aromatic carbocycles. The van der Waals surface area contributed by atoms with E-state index in [2.05, 4.69) is 5.32 Å². The van der Waals surface area contributed by atoms with Gasteiger partial charge < -0.3 is 10.2 Å². The highest BCUT2D eigenvalue weighted by molar-refractivity contribution is 6.42. The molecule has 0 atom stereocenters. The number of amides is 2. The molecule has 138 valence electrons. The fourth-order valence-corrected chi connectivity index (χ4v) is 2.57. The molecule has 6 heteroatoms. The molecule has 0 aliphatic carbocycles. The summed E-state index contributed by atoms with van der Waals surface area (Å²) in [6.45, 7) is 5.90. The molecule has 4 nitrogen and oxygen atoms in total. The van der Waals surface area contributed by atoms with Crippen molar-refractivity contribution in [2.75, 3.05) is 12.4 Å². The third-order valence-electron chi connectivity index (χ3n) is 3.80. The monoisotopic (exact) mass is 392 g/mol. The number of rotatable bonds is 4. The van der Waals surface area contributed by atoms with Gasteiger partial charge in [-0.15, -0.1) is 0 Å². The van der Waals surface area contributed by atoms with E-state index in [-0.39, 0.29) is 11.8 Å². The Hall–Kier alpha value is -2.04. The fraction of sp³-hybridized carbons (Fsp3) is 0.300. The van der Waals surface area contributed by atoms with E-state index in [1.165, 1.54) is 0 Å². The van der Waals surface area contributed by atoms with Crippen LogP contribution in [0.4, 0.5) is 5.69 Å². The fourth-order valence-electron chi connectivity index (χ4n) is 2.25. The summed E-state index contributed by atoms with van der Waals surface area (Å²) in [6, 6.07) is 12.2. The van der Waals surface area contributed by atoms with Crippen LogP contribution in [0.2, 0.25) is 10.0 Å². The van der Waals surface area contributed by atoms with Crippen molar-refractivity contribution in [1.29, 1.82) is 0 Å². The van der Waals surface area contributed by atoms with Crippen molar-refractivity contribution in [2.24, 2.45) is 5.41 Å². The van der Waals surface area contributed by atoms with Crippen molar-refractivity contribution < 1.29 is 9.59 Å². The van der Waals surface area contributed by atoms with Gasteiger partial charge in [-0.2, -0.15) is 0 Å². The minimum atomic E-state index is -0.509. The average molecular weight is 393 g/mol. The average Bonchev–Trinajstić information content (AvgIpc) is 2.57. The lowest BCUT2D eigenvalue weighted by Gasteiger charge is -2.20. The molecule has 2 amide bonds. The highest BCUT2D eigenvalue weighted by Crippen LogP contribution is 2.24. The number of carbonyl (C=O) groups excluding carboxylic acids is 2. The summed E-state index contributed by atoms with van der Waals surface area (Å²) < 4.78 is 0. The lowest BCUT2D eigenvalue weighted by atomic mass is 9.95. The van der Waals surface area contributed by atoms with Crippen LogP contribution >= 0.6 is 23.2 Å². The van der Waals surface area contributed by atoms with E-state index in [1.54, 1.807) is 48.3 Å². The zero-order valence-corrected chi connectivity index (χ0v) is 16.8. The first kappa shape index (κ1) is 20.3. The normalized spacial score (nSPS) is 11.2. The molecule has 0 unspecified atom stereocenters. The molecule has 0 aliphatic heterocycles. The molecule has 2 rings (SSSR count). The number of carbonyl (C=O) groups is 2. The second-order valence-corrected chi connectivity index (χ2v) is 8.01. The zero-order chi connectivity index (χ0) is 19.5. The van der Waals surface area contributed by atoms with Crippen LogP contribution in [-0.4, -0.2) is 23.8 Å². The van der Waals surface area contributed by atoms with E-state index in [9.17, 15) is 9.59 Å². The first-order valence-electron chi connectivity index (χ1n) is 8.19. The summed E-state index contributed by atoms with van der Waals surface area (Å²) in [7, 11) is 1.71. The molecule has 0 saturated heterocycles. The Bertz CT molecular complexity index is 829. The maximum absolute atomic E-state index is 12.7. The van der Waals surface area contributed by atoms with Crippen molar-refractivity contribution in [3.05, 3.63) is 63.6 Å². The lowest BCUT2D eigenvalue weighted by molar-refractivity contribution is -0.123. The van der Waals surface area contributed by atoms with Crippen molar-refractivity contribution in [2.45, 2.75) is 27.3 Å². The minimum Gasteiger partial charge on any atom is -0.337 e. The molecule has 0 spiro atoms. The number of benzene rings is 2. The van der Waals surface area contributed by atoms with E-state index >= 15 is 0 Å². The molecule has 0 bridgehead atoms. The molecule has 0 fully saturated rings. The van der Waals surface area contributed by atoms with E-state index < -0.39 is 5.41 Å². The van der Waals surface area contributed by atoms with Gasteiger partial charge >= 0.3 is 0 Å². The maximum atomic E-state index is 12.7. The summed E-state index contributed by atoms with van der Waals surface area (Å²) in [4.78, 5) is 26.4. The molecule has 0 radical (unpaired) electrons. The number of nitrogens with one attached hydrogen (secondary N) is 1. The second kappa shape index (κ2) is 8.11. The zero-order valence-electron chi connectivity index (χ0n) is 15.3. The number of hydrogen-bond donors (Lipinski definition) is 1. The topological polar surface area (TPSA) is 49.4 Å². The van der Waals surface area contributed by atoms with Crippen LogP contribution in [0.25, 0.3) is 0 Å². The molecule has 0 saturated carbocycles. The Morgan fingerprint density at radius 2 is 1.73 bits per heavy atom. The Labute approximate surface area is 164 Å². The maximum Gasteiger partial charge on any atom is 0.253 e. The van der Waals surface area contributed by atoms with Gasteiger partial charge in [0.2, 0.25) is 5.91 Å². The van der Waals surface area contributed by atoms with Gasteiger partial charge in [-0.1, -0.05) is 56.1 Å². The summed E-state index contributed by atoms with van der Waals surface area (Å²) in [6.07, 6.45) is 0. The van der Waals surface area contributed by atoms with Crippen LogP contribution in [0, 0.1) is 5.41 Å². The number of nitrogens with zero attached hydrogens (tertiary/aromatic N) is 1. The molecule has 0 heterocycles. The van der Waals surface area contributed by atoms with Gasteiger partial charge in [0.15, 0.2) is 0 Å². The first-order valence-corrected chi connectivity index (χ1v) is 8.94. The van der Waals surface area contributed by atoms with E-state index in [4.69, 9.17) is 23.2 Å². The van der Waals surface area contributed by atoms with Crippen molar-refractivity contribution >= 4 is 40.7 Å². The van der Waals surface area contributed by atoms with Crippen molar-refractivity contribution in [3.8, 4) is 0 Å². The Morgan fingerprint density at radius 1 is 1.04 bits per heavy atom. The van der Waals surface area contributed by atoms with Crippen LogP contribution in [0.5, 0.6) is 0 Å². The Morgan fingerprint density at radius 3 is 2.35 bits per heavy atom. The van der Waals surface area contributed by atoms with Gasteiger partial charge in [-0.05, 0) is 35.9 Å². The highest BCUT2D eigenvalue weighted by atomic mass is 35.5. The van der Waals surface area contributed by atoms with Gasteiger partial charge in [0.05, 0.1) is 10.0 Å². The van der Waals surface area contributed by atoms with Gasteiger partial charge in [-0.25, -0.2) is 0 Å². The molecular weight excluding hydrogens is 371 g/mol. The summed E-state index contributed by atoms with van der Waals surface area (Å²) in [5, 5.41) is 3.77. The standard InChI is InChI=1S/C20H22Cl2N2O2/c1-20(2,3)19(26)23-15-7-5-6-14(11-15)18(25)24(4)12-13-8-9-16(21)17(22)10-13/h5-11H,12H2,1-4H3,(H,23,26).